The van der Waals surface area contributed by atoms with E-state index in [0.717, 1.165) is 17.0 Å². The highest BCUT2D eigenvalue weighted by Crippen LogP contribution is 2.30. The molecule has 0 unspecified atom stereocenters. The summed E-state index contributed by atoms with van der Waals surface area (Å²) in [5.74, 6) is 1.28. The summed E-state index contributed by atoms with van der Waals surface area (Å²) < 4.78 is 7.45. The van der Waals surface area contributed by atoms with Crippen LogP contribution in [0, 0.1) is 0 Å². The second-order valence-corrected chi connectivity index (χ2v) is 9.32. The lowest BCUT2D eigenvalue weighted by molar-refractivity contribution is -0.113. The van der Waals surface area contributed by atoms with Crippen molar-refractivity contribution in [3.8, 4) is 22.8 Å². The fraction of sp³-hybridized carbons (Fsp3) is 0.125. The van der Waals surface area contributed by atoms with Crippen LogP contribution in [0.25, 0.3) is 17.1 Å². The van der Waals surface area contributed by atoms with Crippen molar-refractivity contribution in [2.24, 2.45) is 0 Å². The van der Waals surface area contributed by atoms with Crippen LogP contribution >= 0.6 is 46.6 Å². The Kier molecular flexibility index (Phi) is 8.00. The molecule has 0 radical (unpaired) electrons. The van der Waals surface area contributed by atoms with Gasteiger partial charge in [-0.2, -0.15) is 0 Å². The Morgan fingerprint density at radius 2 is 1.62 bits per heavy atom. The molecule has 174 valence electrons. The van der Waals surface area contributed by atoms with E-state index >= 15 is 0 Å². The molecule has 34 heavy (non-hydrogen) atoms. The first-order valence-corrected chi connectivity index (χ1v) is 12.4. The molecule has 10 heteroatoms. The zero-order valence-corrected chi connectivity index (χ0v) is 21.0. The van der Waals surface area contributed by atoms with Gasteiger partial charge in [0.15, 0.2) is 11.0 Å². The number of ether oxygens (including phenoxy) is 1. The molecule has 1 N–H and O–H groups in total. The van der Waals surface area contributed by atoms with Crippen molar-refractivity contribution in [1.29, 1.82) is 0 Å². The van der Waals surface area contributed by atoms with E-state index in [1.807, 2.05) is 47.9 Å². The largest absolute Gasteiger partial charge is 0.494 e. The molecule has 1 aromatic heterocycles. The molecular formula is C24H19Cl3N4O2S. The molecule has 4 aromatic rings. The molecule has 0 bridgehead atoms. The number of halogens is 3. The Balaban J connectivity index is 1.60. The average molecular weight is 534 g/mol. The van der Waals surface area contributed by atoms with E-state index in [-0.39, 0.29) is 11.7 Å². The first-order chi connectivity index (χ1) is 16.4. The first kappa shape index (κ1) is 24.4. The van der Waals surface area contributed by atoms with Gasteiger partial charge in [-0.25, -0.2) is 0 Å². The summed E-state index contributed by atoms with van der Waals surface area (Å²) in [7, 11) is 0. The zero-order chi connectivity index (χ0) is 24.1. The van der Waals surface area contributed by atoms with Crippen LogP contribution in [0.1, 0.15) is 6.92 Å². The topological polar surface area (TPSA) is 69.0 Å². The predicted octanol–water partition coefficient (Wildman–Crippen LogP) is 7.02. The van der Waals surface area contributed by atoms with Gasteiger partial charge in [-0.3, -0.25) is 9.36 Å². The third-order valence-corrected chi connectivity index (χ3v) is 6.24. The summed E-state index contributed by atoms with van der Waals surface area (Å²) in [6.07, 6.45) is 0. The Bertz CT molecular complexity index is 1270. The monoisotopic (exact) mass is 532 g/mol. The molecule has 3 aromatic carbocycles. The van der Waals surface area contributed by atoms with E-state index in [2.05, 4.69) is 15.5 Å². The molecule has 6 nitrogen and oxygen atoms in total. The van der Waals surface area contributed by atoms with Gasteiger partial charge in [-0.05, 0) is 73.7 Å². The number of hydrogen-bond donors (Lipinski definition) is 1. The number of anilines is 1. The van der Waals surface area contributed by atoms with Crippen molar-refractivity contribution in [3.05, 3.63) is 81.8 Å². The van der Waals surface area contributed by atoms with E-state index in [9.17, 15) is 4.79 Å². The van der Waals surface area contributed by atoms with E-state index in [1.165, 1.54) is 11.8 Å². The van der Waals surface area contributed by atoms with Crippen LogP contribution in [0.2, 0.25) is 15.1 Å². The second kappa shape index (κ2) is 11.1. The van der Waals surface area contributed by atoms with Crippen LogP contribution in [0.15, 0.2) is 71.9 Å². The lowest BCUT2D eigenvalue weighted by atomic mass is 10.2. The summed E-state index contributed by atoms with van der Waals surface area (Å²) in [6.45, 7) is 2.51. The summed E-state index contributed by atoms with van der Waals surface area (Å²) >= 11 is 19.4. The maximum atomic E-state index is 12.6. The van der Waals surface area contributed by atoms with Crippen molar-refractivity contribution in [2.45, 2.75) is 12.1 Å². The number of thioether (sulfide) groups is 1. The van der Waals surface area contributed by atoms with Gasteiger partial charge in [0, 0.05) is 32.0 Å². The molecule has 4 rings (SSSR count). The number of amides is 1. The minimum Gasteiger partial charge on any atom is -0.494 e. The Labute approximate surface area is 216 Å². The quantitative estimate of drug-likeness (QED) is 0.246. The third kappa shape index (κ3) is 6.04. The first-order valence-electron chi connectivity index (χ1n) is 10.3. The highest BCUT2D eigenvalue weighted by atomic mass is 35.5. The van der Waals surface area contributed by atoms with E-state index in [0.29, 0.717) is 38.3 Å². The van der Waals surface area contributed by atoms with Crippen molar-refractivity contribution in [2.75, 3.05) is 17.7 Å². The molecule has 0 atom stereocenters. The maximum absolute atomic E-state index is 12.6. The number of carbonyl (C=O) groups is 1. The van der Waals surface area contributed by atoms with Gasteiger partial charge in [0.1, 0.15) is 5.75 Å². The van der Waals surface area contributed by atoms with Crippen molar-refractivity contribution in [1.82, 2.24) is 14.8 Å². The number of hydrogen-bond acceptors (Lipinski definition) is 5. The maximum Gasteiger partial charge on any atom is 0.234 e. The minimum atomic E-state index is -0.224. The molecular weight excluding hydrogens is 515 g/mol. The lowest BCUT2D eigenvalue weighted by Gasteiger charge is -2.12. The number of benzene rings is 3. The van der Waals surface area contributed by atoms with Gasteiger partial charge < -0.3 is 10.1 Å². The summed E-state index contributed by atoms with van der Waals surface area (Å²) in [5, 5.41) is 13.6. The molecule has 0 saturated heterocycles. The summed E-state index contributed by atoms with van der Waals surface area (Å²) in [6, 6.07) is 19.8. The molecule has 0 saturated carbocycles. The summed E-state index contributed by atoms with van der Waals surface area (Å²) in [4.78, 5) is 12.6. The van der Waals surface area contributed by atoms with E-state index < -0.39 is 0 Å². The minimum absolute atomic E-state index is 0.111. The standard InChI is InChI=1S/C24H19Cl3N4O2S/c1-2-33-21-9-7-20(8-10-21)31-23(15-3-5-16(25)6-4-15)29-30-24(31)34-14-22(32)28-19-12-17(26)11-18(27)13-19/h3-13H,2,14H2,1H3,(H,28,32). The lowest BCUT2D eigenvalue weighted by Crippen LogP contribution is -2.14. The van der Waals surface area contributed by atoms with Crippen molar-refractivity contribution in [3.63, 3.8) is 0 Å². The summed E-state index contributed by atoms with van der Waals surface area (Å²) in [5.41, 5.74) is 2.21. The SMILES string of the molecule is CCOc1ccc(-n2c(SCC(=O)Nc3cc(Cl)cc(Cl)c3)nnc2-c2ccc(Cl)cc2)cc1. The van der Waals surface area contributed by atoms with Gasteiger partial charge in [-0.15, -0.1) is 10.2 Å². The van der Waals surface area contributed by atoms with Crippen LogP contribution < -0.4 is 10.1 Å². The highest BCUT2D eigenvalue weighted by Gasteiger charge is 2.18. The van der Waals surface area contributed by atoms with Gasteiger partial charge >= 0.3 is 0 Å². The fourth-order valence-corrected chi connectivity index (χ4v) is 4.60. The van der Waals surface area contributed by atoms with Crippen molar-refractivity contribution < 1.29 is 9.53 Å². The zero-order valence-electron chi connectivity index (χ0n) is 18.0. The molecule has 0 spiro atoms. The molecule has 0 fully saturated rings. The van der Waals surface area contributed by atoms with Gasteiger partial charge in [-0.1, -0.05) is 46.6 Å². The number of rotatable bonds is 8. The third-order valence-electron chi connectivity index (χ3n) is 4.62. The number of carbonyl (C=O) groups excluding carboxylic acids is 1. The van der Waals surface area contributed by atoms with Crippen LogP contribution in [0.4, 0.5) is 5.69 Å². The van der Waals surface area contributed by atoms with Crippen LogP contribution in [-0.2, 0) is 4.79 Å². The molecule has 0 aliphatic heterocycles. The normalized spacial score (nSPS) is 10.8. The molecule has 0 aliphatic rings. The number of nitrogens with zero attached hydrogens (tertiary/aromatic N) is 3. The van der Waals surface area contributed by atoms with Crippen LogP contribution in [0.3, 0.4) is 0 Å². The Hall–Kier alpha value is -2.71. The van der Waals surface area contributed by atoms with E-state index in [1.54, 1.807) is 30.3 Å². The number of aromatic nitrogens is 3. The van der Waals surface area contributed by atoms with Crippen LogP contribution in [-0.4, -0.2) is 33.0 Å². The highest BCUT2D eigenvalue weighted by molar-refractivity contribution is 7.99. The van der Waals surface area contributed by atoms with Gasteiger partial charge in [0.25, 0.3) is 0 Å². The Morgan fingerprint density at radius 1 is 0.941 bits per heavy atom. The van der Waals surface area contributed by atoms with Crippen molar-refractivity contribution >= 4 is 58.2 Å². The predicted molar refractivity (Wildman–Crippen MR) is 139 cm³/mol. The molecule has 0 aliphatic carbocycles. The van der Waals surface area contributed by atoms with E-state index in [4.69, 9.17) is 39.5 Å². The van der Waals surface area contributed by atoms with Gasteiger partial charge in [0.05, 0.1) is 12.4 Å². The second-order valence-electron chi connectivity index (χ2n) is 7.07. The Morgan fingerprint density at radius 3 is 2.26 bits per heavy atom. The average Bonchev–Trinajstić information content (AvgIpc) is 3.22. The van der Waals surface area contributed by atoms with Gasteiger partial charge in [0.2, 0.25) is 5.91 Å². The smallest absolute Gasteiger partial charge is 0.234 e. The fourth-order valence-electron chi connectivity index (χ4n) is 3.19. The molecule has 1 amide bonds. The number of nitrogens with one attached hydrogen (secondary N) is 1. The van der Waals surface area contributed by atoms with Crippen LogP contribution in [0.5, 0.6) is 5.75 Å². The molecule has 1 heterocycles.